The zero-order chi connectivity index (χ0) is 9.68. The Morgan fingerprint density at radius 3 is 2.38 bits per heavy atom. The number of unbranched alkanes of at least 4 members (excludes halogenated alkanes) is 3. The van der Waals surface area contributed by atoms with Crippen LogP contribution < -0.4 is 5.43 Å². The van der Waals surface area contributed by atoms with Crippen molar-refractivity contribution in [2.75, 3.05) is 0 Å². The lowest BCUT2D eigenvalue weighted by Gasteiger charge is -1.96. The van der Waals surface area contributed by atoms with E-state index in [0.717, 1.165) is 37.7 Å². The van der Waals surface area contributed by atoms with Crippen LogP contribution in [0.4, 0.5) is 0 Å². The number of rotatable bonds is 7. The Hall–Kier alpha value is -0.920. The molecule has 0 radical (unpaired) electrons. The normalized spacial score (nSPS) is 10.8. The molecule has 1 aromatic carbocycles. The highest BCUT2D eigenvalue weighted by Gasteiger charge is 2.06. The molecule has 0 aromatic heterocycles. The summed E-state index contributed by atoms with van der Waals surface area (Å²) < 4.78 is 0. The summed E-state index contributed by atoms with van der Waals surface area (Å²) in [6.07, 6.45) is 6.00. The van der Waals surface area contributed by atoms with E-state index >= 15 is 0 Å². The molecule has 13 heavy (non-hydrogen) atoms. The minimum absolute atomic E-state index is 0.240. The number of hydrogen-bond donors (Lipinski definition) is 0. The molecule has 0 fully saturated rings. The van der Waals surface area contributed by atoms with Crippen LogP contribution in [0.25, 0.3) is 0 Å². The average molecular weight is 180 g/mol. The lowest BCUT2D eigenvalue weighted by Crippen LogP contribution is -1.90. The monoisotopic (exact) mass is 180 g/mol. The maximum Gasteiger partial charge on any atom is 0.182 e. The number of Topliss-reactive ketones (excluding diaryl/α,β-unsaturated/α-hetero) is 1. The van der Waals surface area contributed by atoms with E-state index in [1.54, 1.807) is 13.0 Å². The fourth-order valence-electron chi connectivity index (χ4n) is 1.36. The highest BCUT2D eigenvalue weighted by Crippen LogP contribution is 2.08. The molecule has 1 aromatic rings. The number of aryl methyl sites for hydroxylation is 1. The molecule has 0 amide bonds. The minimum Gasteiger partial charge on any atom is -0.300 e. The molecule has 0 N–H and O–H groups in total. The summed E-state index contributed by atoms with van der Waals surface area (Å²) >= 11 is 0. The predicted molar refractivity (Wildman–Crippen MR) is 52.6 cm³/mol. The van der Waals surface area contributed by atoms with E-state index in [-0.39, 0.29) is 11.2 Å². The van der Waals surface area contributed by atoms with Crippen LogP contribution in [-0.2, 0) is 11.2 Å². The van der Waals surface area contributed by atoms with Gasteiger partial charge in [-0.25, -0.2) is 0 Å². The van der Waals surface area contributed by atoms with Gasteiger partial charge in [0.25, 0.3) is 0 Å². The molecule has 0 heterocycles. The lowest BCUT2D eigenvalue weighted by atomic mass is 10.1. The fraction of sp³-hybridized carbons (Fsp3) is 0.636. The summed E-state index contributed by atoms with van der Waals surface area (Å²) in [6.45, 7) is 1.63. The Kier molecular flexibility index (Phi) is 3.87. The largest absolute Gasteiger partial charge is 0.300 e. The first-order valence-corrected chi connectivity index (χ1v) is 4.94. The first kappa shape index (κ1) is 10.2. The topological polar surface area (TPSA) is 34.1 Å². The van der Waals surface area contributed by atoms with Crippen molar-refractivity contribution in [2.45, 2.75) is 45.4 Å². The van der Waals surface area contributed by atoms with Crippen LogP contribution in [0.15, 0.2) is 10.9 Å². The van der Waals surface area contributed by atoms with E-state index in [0.29, 0.717) is 6.42 Å². The van der Waals surface area contributed by atoms with Crippen molar-refractivity contribution < 1.29 is 4.79 Å². The maximum atomic E-state index is 10.6. The van der Waals surface area contributed by atoms with Crippen molar-refractivity contribution in [1.82, 2.24) is 0 Å². The Balaban J connectivity index is 1.85. The maximum absolute atomic E-state index is 10.6. The van der Waals surface area contributed by atoms with Gasteiger partial charge in [0.1, 0.15) is 5.78 Å². The van der Waals surface area contributed by atoms with Crippen molar-refractivity contribution in [3.05, 3.63) is 21.9 Å². The van der Waals surface area contributed by atoms with E-state index in [1.165, 1.54) is 0 Å². The molecule has 2 heteroatoms. The molecule has 0 saturated heterocycles. The molecule has 0 saturated carbocycles. The van der Waals surface area contributed by atoms with Crippen LogP contribution in [-0.4, -0.2) is 5.78 Å². The minimum atomic E-state index is 0.240. The van der Waals surface area contributed by atoms with Crippen LogP contribution in [0.5, 0.6) is 0 Å². The van der Waals surface area contributed by atoms with Crippen LogP contribution in [0.3, 0.4) is 0 Å². The first-order chi connectivity index (χ1) is 6.20. The van der Waals surface area contributed by atoms with Gasteiger partial charge in [0.15, 0.2) is 5.43 Å². The van der Waals surface area contributed by atoms with Gasteiger partial charge in [-0.05, 0) is 32.3 Å². The zero-order valence-corrected chi connectivity index (χ0v) is 8.14. The number of carbonyl (C=O) groups is 1. The number of carbonyl (C=O) groups excluding carboxylic acids is 1. The van der Waals surface area contributed by atoms with Gasteiger partial charge in [-0.3, -0.25) is 4.79 Å². The third kappa shape index (κ3) is 4.61. The molecule has 0 unspecified atom stereocenters. The molecule has 2 nitrogen and oxygen atoms in total. The second-order valence-electron chi connectivity index (χ2n) is 3.65. The van der Waals surface area contributed by atoms with Crippen LogP contribution in [0, 0.1) is 0 Å². The van der Waals surface area contributed by atoms with Crippen molar-refractivity contribution in [1.29, 1.82) is 0 Å². The Bertz CT molecular complexity index is 279. The number of hydrogen-bond acceptors (Lipinski definition) is 2. The summed E-state index contributed by atoms with van der Waals surface area (Å²) in [5, 5.41) is 0. The summed E-state index contributed by atoms with van der Waals surface area (Å²) in [7, 11) is 0. The van der Waals surface area contributed by atoms with Gasteiger partial charge in [0, 0.05) is 12.0 Å². The third-order valence-electron chi connectivity index (χ3n) is 2.26. The molecule has 0 bridgehead atoms. The fourth-order valence-corrected chi connectivity index (χ4v) is 1.36. The van der Waals surface area contributed by atoms with Gasteiger partial charge < -0.3 is 4.79 Å². The van der Waals surface area contributed by atoms with Crippen LogP contribution in [0.1, 0.15) is 44.6 Å². The van der Waals surface area contributed by atoms with Gasteiger partial charge in [-0.1, -0.05) is 12.8 Å². The highest BCUT2D eigenvalue weighted by atomic mass is 16.1. The predicted octanol–water partition coefficient (Wildman–Crippen LogP) is 2.00. The summed E-state index contributed by atoms with van der Waals surface area (Å²) in [5.74, 6) is 0.278. The van der Waals surface area contributed by atoms with E-state index in [1.807, 2.05) is 0 Å². The zero-order valence-electron chi connectivity index (χ0n) is 8.14. The van der Waals surface area contributed by atoms with E-state index in [9.17, 15) is 9.59 Å². The molecule has 72 valence electrons. The first-order valence-electron chi connectivity index (χ1n) is 4.94. The van der Waals surface area contributed by atoms with Gasteiger partial charge in [0.2, 0.25) is 0 Å². The Morgan fingerprint density at radius 2 is 1.85 bits per heavy atom. The molecule has 0 aliphatic rings. The van der Waals surface area contributed by atoms with Crippen LogP contribution >= 0.6 is 0 Å². The Labute approximate surface area is 78.6 Å². The molecular weight excluding hydrogens is 164 g/mol. The van der Waals surface area contributed by atoms with Crippen molar-refractivity contribution >= 4 is 5.78 Å². The highest BCUT2D eigenvalue weighted by molar-refractivity contribution is 5.75. The van der Waals surface area contributed by atoms with Crippen molar-refractivity contribution in [3.63, 3.8) is 0 Å². The summed E-state index contributed by atoms with van der Waals surface area (Å²) in [4.78, 5) is 21.1. The van der Waals surface area contributed by atoms with Gasteiger partial charge in [0.05, 0.1) is 0 Å². The summed E-state index contributed by atoms with van der Waals surface area (Å²) in [5.41, 5.74) is 1.25. The Morgan fingerprint density at radius 1 is 1.23 bits per heavy atom. The molecule has 0 spiro atoms. The van der Waals surface area contributed by atoms with Crippen molar-refractivity contribution in [3.8, 4) is 0 Å². The molecular formula is C11H16O2. The standard InChI is InChI=1S/C11H16O2/c1-9(12)6-4-2-3-5-7-10-8-11(10)13/h8H,2-7H2,1H3. The van der Waals surface area contributed by atoms with E-state index in [2.05, 4.69) is 0 Å². The molecule has 1 rings (SSSR count). The molecule has 0 aliphatic heterocycles. The SMILES string of the molecule is CC(=O)CCCCCCc1cc1=O. The number of ketones is 1. The molecule has 0 aliphatic carbocycles. The van der Waals surface area contributed by atoms with E-state index < -0.39 is 0 Å². The van der Waals surface area contributed by atoms with Gasteiger partial charge in [-0.2, -0.15) is 0 Å². The average Bonchev–Trinajstić information content (AvgIpc) is 2.74. The summed E-state index contributed by atoms with van der Waals surface area (Å²) in [6, 6.07) is 1.70. The second kappa shape index (κ2) is 4.95. The van der Waals surface area contributed by atoms with Gasteiger partial charge in [-0.15, -0.1) is 0 Å². The quantitative estimate of drug-likeness (QED) is 0.601. The lowest BCUT2D eigenvalue weighted by molar-refractivity contribution is -0.117. The smallest absolute Gasteiger partial charge is 0.182 e. The van der Waals surface area contributed by atoms with E-state index in [4.69, 9.17) is 0 Å². The third-order valence-corrected chi connectivity index (χ3v) is 2.26. The van der Waals surface area contributed by atoms with Crippen LogP contribution in [0.2, 0.25) is 0 Å². The molecule has 0 atom stereocenters. The van der Waals surface area contributed by atoms with Crippen molar-refractivity contribution in [2.24, 2.45) is 0 Å². The van der Waals surface area contributed by atoms with Gasteiger partial charge >= 0.3 is 0 Å². The second-order valence-corrected chi connectivity index (χ2v) is 3.65.